The number of hydrogen-bond acceptors (Lipinski definition) is 4. The lowest BCUT2D eigenvalue weighted by molar-refractivity contribution is -0.144. The molecule has 0 aromatic heterocycles. The Balaban J connectivity index is 1.80. The maximum absolute atomic E-state index is 11.9. The molecule has 0 saturated carbocycles. The first kappa shape index (κ1) is 19.6. The van der Waals surface area contributed by atoms with Gasteiger partial charge in [-0.3, -0.25) is 9.59 Å². The maximum atomic E-state index is 11.9. The van der Waals surface area contributed by atoms with Crippen LogP contribution in [0, 0.1) is 13.8 Å². The minimum Gasteiger partial charge on any atom is -0.455 e. The minimum absolute atomic E-state index is 0.129. The van der Waals surface area contributed by atoms with E-state index in [9.17, 15) is 9.59 Å². The Morgan fingerprint density at radius 3 is 2.44 bits per heavy atom. The fraction of sp³-hybridized carbons (Fsp3) is 0.222. The van der Waals surface area contributed by atoms with Crippen molar-refractivity contribution in [3.63, 3.8) is 0 Å². The smallest absolute Gasteiger partial charge is 0.316 e. The predicted molar refractivity (Wildman–Crippen MR) is 103 cm³/mol. The topological polar surface area (TPSA) is 55.4 Å². The number of benzene rings is 2. The number of rotatable bonds is 6. The standard InChI is InChI=1S/C18H17Cl2NO3S/c1-11-6-7-15(12(2)8-11)25-10-17(23)24-9-16(22)21-18-13(19)4-3-5-14(18)20/h3-8H,9-10H2,1-2H3,(H,21,22). The van der Waals surface area contributed by atoms with Crippen molar-refractivity contribution in [3.8, 4) is 0 Å². The van der Waals surface area contributed by atoms with Crippen LogP contribution >= 0.6 is 35.0 Å². The van der Waals surface area contributed by atoms with Crippen molar-refractivity contribution in [3.05, 3.63) is 57.6 Å². The summed E-state index contributed by atoms with van der Waals surface area (Å²) in [4.78, 5) is 24.7. The summed E-state index contributed by atoms with van der Waals surface area (Å²) in [5.74, 6) is -0.838. The van der Waals surface area contributed by atoms with Gasteiger partial charge < -0.3 is 10.1 Å². The molecule has 0 aliphatic rings. The van der Waals surface area contributed by atoms with Crippen LogP contribution in [0.15, 0.2) is 41.3 Å². The highest BCUT2D eigenvalue weighted by Crippen LogP contribution is 2.29. The molecule has 0 radical (unpaired) electrons. The lowest BCUT2D eigenvalue weighted by atomic mass is 10.2. The third-order valence-corrected chi connectivity index (χ3v) is 5.05. The van der Waals surface area contributed by atoms with Crippen LogP contribution in [-0.4, -0.2) is 24.2 Å². The molecule has 1 N–H and O–H groups in total. The van der Waals surface area contributed by atoms with Crippen LogP contribution < -0.4 is 5.32 Å². The van der Waals surface area contributed by atoms with Crippen LogP contribution in [0.25, 0.3) is 0 Å². The molecule has 7 heteroatoms. The van der Waals surface area contributed by atoms with E-state index in [1.54, 1.807) is 18.2 Å². The number of esters is 1. The van der Waals surface area contributed by atoms with Gasteiger partial charge in [-0.2, -0.15) is 0 Å². The van der Waals surface area contributed by atoms with E-state index in [1.807, 2.05) is 26.0 Å². The first-order valence-electron chi connectivity index (χ1n) is 7.46. The highest BCUT2D eigenvalue weighted by molar-refractivity contribution is 8.00. The molecule has 0 heterocycles. The maximum Gasteiger partial charge on any atom is 0.316 e. The Labute approximate surface area is 160 Å². The van der Waals surface area contributed by atoms with E-state index in [-0.39, 0.29) is 5.75 Å². The molecule has 4 nitrogen and oxygen atoms in total. The minimum atomic E-state index is -0.500. The number of carbonyl (C=O) groups excluding carboxylic acids is 2. The van der Waals surface area contributed by atoms with Crippen LogP contribution in [0.2, 0.25) is 10.0 Å². The van der Waals surface area contributed by atoms with Crippen LogP contribution in [0.1, 0.15) is 11.1 Å². The van der Waals surface area contributed by atoms with Gasteiger partial charge in [-0.15, -0.1) is 11.8 Å². The summed E-state index contributed by atoms with van der Waals surface area (Å²) >= 11 is 13.3. The van der Waals surface area contributed by atoms with Gasteiger partial charge in [0.25, 0.3) is 5.91 Å². The number of aryl methyl sites for hydroxylation is 2. The average molecular weight is 398 g/mol. The largest absolute Gasteiger partial charge is 0.455 e. The van der Waals surface area contributed by atoms with Gasteiger partial charge in [0.05, 0.1) is 21.5 Å². The fourth-order valence-corrected chi connectivity index (χ4v) is 3.38. The number of anilines is 1. The Morgan fingerprint density at radius 1 is 1.12 bits per heavy atom. The molecule has 2 aromatic carbocycles. The second-order valence-electron chi connectivity index (χ2n) is 5.36. The number of halogens is 2. The number of amides is 1. The van der Waals surface area contributed by atoms with E-state index < -0.39 is 18.5 Å². The number of nitrogens with one attached hydrogen (secondary N) is 1. The van der Waals surface area contributed by atoms with Gasteiger partial charge in [0.1, 0.15) is 0 Å². The van der Waals surface area contributed by atoms with Crippen molar-refractivity contribution < 1.29 is 14.3 Å². The third kappa shape index (κ3) is 5.96. The number of thioether (sulfide) groups is 1. The Kier molecular flexibility index (Phi) is 7.17. The van der Waals surface area contributed by atoms with E-state index in [0.29, 0.717) is 15.7 Å². The van der Waals surface area contributed by atoms with Gasteiger partial charge in [-0.25, -0.2) is 0 Å². The van der Waals surface area contributed by atoms with Gasteiger partial charge in [0, 0.05) is 4.90 Å². The zero-order chi connectivity index (χ0) is 18.4. The Hall–Kier alpha value is -1.69. The summed E-state index contributed by atoms with van der Waals surface area (Å²) in [6.45, 7) is 3.61. The van der Waals surface area contributed by atoms with Crippen LogP contribution in [0.5, 0.6) is 0 Å². The third-order valence-electron chi connectivity index (χ3n) is 3.27. The summed E-state index contributed by atoms with van der Waals surface area (Å²) in [6, 6.07) is 10.9. The molecule has 0 aliphatic carbocycles. The fourth-order valence-electron chi connectivity index (χ4n) is 2.08. The van der Waals surface area contributed by atoms with E-state index in [4.69, 9.17) is 27.9 Å². The zero-order valence-corrected chi connectivity index (χ0v) is 16.1. The molecule has 0 saturated heterocycles. The normalized spacial score (nSPS) is 10.4. The van der Waals surface area contributed by atoms with Crippen molar-refractivity contribution in [2.45, 2.75) is 18.7 Å². The molecule has 0 aliphatic heterocycles. The van der Waals surface area contributed by atoms with E-state index >= 15 is 0 Å². The van der Waals surface area contributed by atoms with Crippen molar-refractivity contribution >= 4 is 52.5 Å². The first-order valence-corrected chi connectivity index (χ1v) is 9.20. The summed E-state index contributed by atoms with van der Waals surface area (Å²) in [5, 5.41) is 3.17. The van der Waals surface area contributed by atoms with Crippen LogP contribution in [-0.2, 0) is 14.3 Å². The predicted octanol–water partition coefficient (Wildman–Crippen LogP) is 4.88. The zero-order valence-electron chi connectivity index (χ0n) is 13.8. The molecule has 2 aromatic rings. The molecular weight excluding hydrogens is 381 g/mol. The first-order chi connectivity index (χ1) is 11.9. The molecular formula is C18H17Cl2NO3S. The van der Waals surface area contributed by atoms with Crippen molar-refractivity contribution in [2.75, 3.05) is 17.7 Å². The lowest BCUT2D eigenvalue weighted by Gasteiger charge is -2.10. The second kappa shape index (κ2) is 9.13. The molecule has 0 bridgehead atoms. The highest BCUT2D eigenvalue weighted by atomic mass is 35.5. The summed E-state index contributed by atoms with van der Waals surface area (Å²) < 4.78 is 4.98. The van der Waals surface area contributed by atoms with Gasteiger partial charge in [0.15, 0.2) is 6.61 Å². The second-order valence-corrected chi connectivity index (χ2v) is 7.19. The van der Waals surface area contributed by atoms with Crippen molar-refractivity contribution in [1.82, 2.24) is 0 Å². The lowest BCUT2D eigenvalue weighted by Crippen LogP contribution is -2.22. The average Bonchev–Trinajstić information content (AvgIpc) is 2.55. The molecule has 0 spiro atoms. The van der Waals surface area contributed by atoms with E-state index in [1.165, 1.54) is 17.3 Å². The monoisotopic (exact) mass is 397 g/mol. The summed E-state index contributed by atoms with van der Waals surface area (Å²) in [7, 11) is 0. The summed E-state index contributed by atoms with van der Waals surface area (Å²) in [5.41, 5.74) is 2.57. The van der Waals surface area contributed by atoms with Crippen molar-refractivity contribution in [2.24, 2.45) is 0 Å². The number of para-hydroxylation sites is 1. The van der Waals surface area contributed by atoms with Gasteiger partial charge in [-0.05, 0) is 37.6 Å². The Morgan fingerprint density at radius 2 is 1.80 bits per heavy atom. The van der Waals surface area contributed by atoms with Crippen LogP contribution in [0.3, 0.4) is 0 Å². The summed E-state index contributed by atoms with van der Waals surface area (Å²) in [6.07, 6.45) is 0. The molecule has 0 fully saturated rings. The highest BCUT2D eigenvalue weighted by Gasteiger charge is 2.12. The quantitative estimate of drug-likeness (QED) is 0.557. The SMILES string of the molecule is Cc1ccc(SCC(=O)OCC(=O)Nc2c(Cl)cccc2Cl)c(C)c1. The van der Waals surface area contributed by atoms with E-state index in [0.717, 1.165) is 10.5 Å². The van der Waals surface area contributed by atoms with Gasteiger partial charge in [0.2, 0.25) is 0 Å². The van der Waals surface area contributed by atoms with Gasteiger partial charge in [-0.1, -0.05) is 47.0 Å². The Bertz CT molecular complexity index is 776. The molecule has 0 atom stereocenters. The van der Waals surface area contributed by atoms with E-state index in [2.05, 4.69) is 11.4 Å². The molecule has 25 heavy (non-hydrogen) atoms. The number of carbonyl (C=O) groups is 2. The number of hydrogen-bond donors (Lipinski definition) is 1. The molecule has 2 rings (SSSR count). The molecule has 1 amide bonds. The van der Waals surface area contributed by atoms with Crippen LogP contribution in [0.4, 0.5) is 5.69 Å². The molecule has 132 valence electrons. The number of ether oxygens (including phenoxy) is 1. The molecule has 0 unspecified atom stereocenters. The van der Waals surface area contributed by atoms with Gasteiger partial charge >= 0.3 is 5.97 Å². The van der Waals surface area contributed by atoms with Crippen molar-refractivity contribution in [1.29, 1.82) is 0 Å².